The van der Waals surface area contributed by atoms with Crippen molar-refractivity contribution in [1.82, 2.24) is 4.57 Å². The Morgan fingerprint density at radius 2 is 1.71 bits per heavy atom. The summed E-state index contributed by atoms with van der Waals surface area (Å²) in [5.41, 5.74) is 3.08. The van der Waals surface area contributed by atoms with Crippen LogP contribution in [0.5, 0.6) is 0 Å². The van der Waals surface area contributed by atoms with Crippen LogP contribution in [0.1, 0.15) is 41.0 Å². The Hall–Kier alpha value is -0.0831. The summed E-state index contributed by atoms with van der Waals surface area (Å²) in [6.07, 6.45) is 1.28. The van der Waals surface area contributed by atoms with E-state index in [1.165, 1.54) is 25.6 Å². The molecule has 0 saturated carbocycles. The summed E-state index contributed by atoms with van der Waals surface area (Å²) in [5, 5.41) is 0. The van der Waals surface area contributed by atoms with Crippen LogP contribution in [0.15, 0.2) is 12.3 Å². The zero-order valence-corrected chi connectivity index (χ0v) is 11.6. The van der Waals surface area contributed by atoms with Crippen molar-refractivity contribution in [2.75, 3.05) is 13.1 Å². The lowest BCUT2D eigenvalue weighted by Gasteiger charge is -2.42. The van der Waals surface area contributed by atoms with E-state index in [4.69, 9.17) is 0 Å². The van der Waals surface area contributed by atoms with Crippen LogP contribution in [-0.4, -0.2) is 25.9 Å². The first-order valence-corrected chi connectivity index (χ1v) is 8.28. The highest BCUT2D eigenvalue weighted by atomic mass is 28.3. The smallest absolute Gasteiger partial charge is 0.155 e. The van der Waals surface area contributed by atoms with Gasteiger partial charge in [-0.05, 0) is 24.7 Å². The van der Waals surface area contributed by atoms with Crippen LogP contribution in [0.25, 0.3) is 0 Å². The summed E-state index contributed by atoms with van der Waals surface area (Å²) in [6, 6.07) is 1.36. The van der Waals surface area contributed by atoms with Crippen molar-refractivity contribution in [2.45, 2.75) is 52.6 Å². The molecule has 0 aliphatic carbocycles. The third-order valence-electron chi connectivity index (χ3n) is 3.36. The molecule has 84 valence electrons. The van der Waals surface area contributed by atoms with Gasteiger partial charge in [-0.3, -0.25) is 0 Å². The molecule has 14 heavy (non-hydrogen) atoms. The summed E-state index contributed by atoms with van der Waals surface area (Å²) in [5.74, 6) is 0. The zero-order valence-electron chi connectivity index (χ0n) is 10.6. The molecule has 1 nitrogen and oxygen atoms in total. The summed E-state index contributed by atoms with van der Waals surface area (Å²) in [7, 11) is -1.38. The molecule has 2 heteroatoms. The van der Waals surface area contributed by atoms with Gasteiger partial charge in [-0.2, -0.15) is 0 Å². The molecule has 0 saturated heterocycles. The molecule has 0 bridgehead atoms. The fraction of sp³-hybridized carbons (Fsp3) is 0.833. The third-order valence-corrected chi connectivity index (χ3v) is 9.17. The van der Waals surface area contributed by atoms with Gasteiger partial charge in [-0.1, -0.05) is 46.7 Å². The summed E-state index contributed by atoms with van der Waals surface area (Å²) < 4.78 is 2.67. The Morgan fingerprint density at radius 3 is 1.93 bits per heavy atom. The Labute approximate surface area is 91.3 Å². The standard InChI is InChI=1S/C12H27NSi/c1-7-11-14(10-4,12(5)6)13(8-2)9-3/h10,12H,4,7-9,11H2,1-3,5-6H3. The van der Waals surface area contributed by atoms with E-state index in [-0.39, 0.29) is 0 Å². The molecule has 0 amide bonds. The van der Waals surface area contributed by atoms with Gasteiger partial charge in [-0.15, -0.1) is 6.58 Å². The van der Waals surface area contributed by atoms with Crippen LogP contribution in [-0.2, 0) is 0 Å². The summed E-state index contributed by atoms with van der Waals surface area (Å²) >= 11 is 0. The van der Waals surface area contributed by atoms with Crippen molar-refractivity contribution in [3.05, 3.63) is 12.3 Å². The first-order chi connectivity index (χ1) is 6.58. The normalized spacial score (nSPS) is 15.9. The molecule has 0 aromatic heterocycles. The van der Waals surface area contributed by atoms with Gasteiger partial charge in [0.2, 0.25) is 0 Å². The van der Waals surface area contributed by atoms with Gasteiger partial charge in [0.15, 0.2) is 8.24 Å². The second-order valence-electron chi connectivity index (χ2n) is 4.27. The minimum atomic E-state index is -1.38. The van der Waals surface area contributed by atoms with Crippen LogP contribution in [0.4, 0.5) is 0 Å². The van der Waals surface area contributed by atoms with Crippen molar-refractivity contribution in [3.8, 4) is 0 Å². The fourth-order valence-corrected chi connectivity index (χ4v) is 7.03. The molecule has 0 rings (SSSR count). The lowest BCUT2D eigenvalue weighted by atomic mass is 10.5. The second kappa shape index (κ2) is 6.41. The van der Waals surface area contributed by atoms with Gasteiger partial charge < -0.3 is 4.57 Å². The van der Waals surface area contributed by atoms with Crippen molar-refractivity contribution < 1.29 is 0 Å². The molecule has 1 unspecified atom stereocenters. The molecule has 0 aliphatic heterocycles. The molecule has 0 fully saturated rings. The maximum Gasteiger partial charge on any atom is 0.155 e. The largest absolute Gasteiger partial charge is 0.321 e. The molecule has 0 radical (unpaired) electrons. The molecule has 0 spiro atoms. The number of nitrogens with zero attached hydrogens (tertiary/aromatic N) is 1. The topological polar surface area (TPSA) is 3.24 Å². The van der Waals surface area contributed by atoms with Crippen LogP contribution in [0.2, 0.25) is 11.6 Å². The van der Waals surface area contributed by atoms with Crippen LogP contribution in [0, 0.1) is 0 Å². The molecule has 0 aromatic carbocycles. The quantitative estimate of drug-likeness (QED) is 0.581. The van der Waals surface area contributed by atoms with Gasteiger partial charge in [-0.25, -0.2) is 0 Å². The molecular formula is C12H27NSi. The minimum absolute atomic E-state index is 0.778. The zero-order chi connectivity index (χ0) is 11.2. The molecule has 1 atom stereocenters. The SMILES string of the molecule is C=C[Si](CCC)(C(C)C)N(CC)CC. The predicted octanol–water partition coefficient (Wildman–Crippen LogP) is 3.82. The monoisotopic (exact) mass is 213 g/mol. The van der Waals surface area contributed by atoms with Crippen molar-refractivity contribution in [2.24, 2.45) is 0 Å². The van der Waals surface area contributed by atoms with Crippen LogP contribution in [0.3, 0.4) is 0 Å². The number of hydrogen-bond acceptors (Lipinski definition) is 1. The molecule has 0 aliphatic rings. The third kappa shape index (κ3) is 2.70. The van der Waals surface area contributed by atoms with Crippen molar-refractivity contribution in [3.63, 3.8) is 0 Å². The van der Waals surface area contributed by atoms with Crippen molar-refractivity contribution in [1.29, 1.82) is 0 Å². The van der Waals surface area contributed by atoms with Crippen molar-refractivity contribution >= 4 is 8.24 Å². The number of rotatable bonds is 7. The van der Waals surface area contributed by atoms with E-state index in [1.54, 1.807) is 0 Å². The fourth-order valence-electron chi connectivity index (χ4n) is 2.49. The molecule has 0 heterocycles. The van der Waals surface area contributed by atoms with E-state index in [0.29, 0.717) is 0 Å². The average molecular weight is 213 g/mol. The highest BCUT2D eigenvalue weighted by Gasteiger charge is 2.37. The van der Waals surface area contributed by atoms with E-state index in [2.05, 4.69) is 51.5 Å². The summed E-state index contributed by atoms with van der Waals surface area (Å²) in [6.45, 7) is 18.0. The summed E-state index contributed by atoms with van der Waals surface area (Å²) in [4.78, 5) is 0. The Bertz CT molecular complexity index is 164. The Balaban J connectivity index is 4.89. The first kappa shape index (κ1) is 13.9. The van der Waals surface area contributed by atoms with E-state index in [9.17, 15) is 0 Å². The maximum absolute atomic E-state index is 4.11. The van der Waals surface area contributed by atoms with E-state index in [1.807, 2.05) is 0 Å². The second-order valence-corrected chi connectivity index (χ2v) is 8.95. The van der Waals surface area contributed by atoms with E-state index >= 15 is 0 Å². The van der Waals surface area contributed by atoms with E-state index in [0.717, 1.165) is 5.54 Å². The molecular weight excluding hydrogens is 186 g/mol. The van der Waals surface area contributed by atoms with Gasteiger partial charge in [0.05, 0.1) is 0 Å². The highest BCUT2D eigenvalue weighted by molar-refractivity contribution is 6.83. The van der Waals surface area contributed by atoms with Gasteiger partial charge in [0.25, 0.3) is 0 Å². The van der Waals surface area contributed by atoms with Gasteiger partial charge in [0.1, 0.15) is 0 Å². The average Bonchev–Trinajstić information content (AvgIpc) is 2.17. The lowest BCUT2D eigenvalue weighted by molar-refractivity contribution is 0.454. The maximum atomic E-state index is 4.11. The Morgan fingerprint density at radius 1 is 1.21 bits per heavy atom. The van der Waals surface area contributed by atoms with E-state index < -0.39 is 8.24 Å². The lowest BCUT2D eigenvalue weighted by Crippen LogP contribution is -2.54. The molecule has 0 N–H and O–H groups in total. The van der Waals surface area contributed by atoms with Gasteiger partial charge in [0, 0.05) is 0 Å². The Kier molecular flexibility index (Phi) is 6.37. The molecule has 0 aromatic rings. The van der Waals surface area contributed by atoms with Crippen LogP contribution < -0.4 is 0 Å². The number of hydrogen-bond donors (Lipinski definition) is 0. The predicted molar refractivity (Wildman–Crippen MR) is 69.1 cm³/mol. The highest BCUT2D eigenvalue weighted by Crippen LogP contribution is 2.30. The first-order valence-electron chi connectivity index (χ1n) is 5.97. The van der Waals surface area contributed by atoms with Gasteiger partial charge >= 0.3 is 0 Å². The van der Waals surface area contributed by atoms with Crippen LogP contribution >= 0.6 is 0 Å². The minimum Gasteiger partial charge on any atom is -0.321 e.